The van der Waals surface area contributed by atoms with E-state index in [1.54, 1.807) is 18.2 Å². The van der Waals surface area contributed by atoms with Crippen LogP contribution in [0.1, 0.15) is 36.5 Å². The minimum absolute atomic E-state index is 0.442. The van der Waals surface area contributed by atoms with Crippen LogP contribution in [0.2, 0.25) is 0 Å². The second-order valence-electron chi connectivity index (χ2n) is 3.99. The highest BCUT2D eigenvalue weighted by molar-refractivity contribution is 5.75. The number of aliphatic hydroxyl groups excluding tert-OH is 1. The minimum Gasteiger partial charge on any atom is -0.479 e. The molecule has 0 heterocycles. The molecule has 1 aliphatic carbocycles. The van der Waals surface area contributed by atoms with Crippen molar-refractivity contribution in [2.75, 3.05) is 0 Å². The summed E-state index contributed by atoms with van der Waals surface area (Å²) >= 11 is 0. The van der Waals surface area contributed by atoms with E-state index in [0.717, 1.165) is 24.8 Å². The molecule has 2 N–H and O–H groups in total. The van der Waals surface area contributed by atoms with E-state index >= 15 is 0 Å². The zero-order valence-corrected chi connectivity index (χ0v) is 8.89. The molecule has 1 aromatic carbocycles. The van der Waals surface area contributed by atoms with Crippen LogP contribution in [0.3, 0.4) is 0 Å². The summed E-state index contributed by atoms with van der Waals surface area (Å²) in [6.45, 7) is 0. The SMILES string of the molecule is O=C(O)C(O)c1cccc(C2=CCCC2)c1. The van der Waals surface area contributed by atoms with Gasteiger partial charge in [0.2, 0.25) is 0 Å². The predicted octanol–water partition coefficient (Wildman–Crippen LogP) is 2.37. The van der Waals surface area contributed by atoms with Crippen LogP contribution >= 0.6 is 0 Å². The standard InChI is InChI=1S/C13H14O3/c14-12(13(15)16)11-7-3-6-10(8-11)9-4-1-2-5-9/h3-4,6-8,12,14H,1-2,5H2,(H,15,16). The molecule has 0 spiro atoms. The lowest BCUT2D eigenvalue weighted by Gasteiger charge is -2.08. The van der Waals surface area contributed by atoms with E-state index in [4.69, 9.17) is 5.11 Å². The molecule has 1 aliphatic rings. The smallest absolute Gasteiger partial charge is 0.337 e. The molecule has 0 saturated heterocycles. The number of hydrogen-bond acceptors (Lipinski definition) is 2. The maximum absolute atomic E-state index is 10.7. The summed E-state index contributed by atoms with van der Waals surface area (Å²) in [5, 5.41) is 18.2. The van der Waals surface area contributed by atoms with Crippen LogP contribution in [0.25, 0.3) is 5.57 Å². The number of rotatable bonds is 3. The Bertz CT molecular complexity index is 435. The molecule has 0 bridgehead atoms. The highest BCUT2D eigenvalue weighted by Crippen LogP contribution is 2.29. The molecule has 2 rings (SSSR count). The van der Waals surface area contributed by atoms with Gasteiger partial charge in [0.1, 0.15) is 0 Å². The van der Waals surface area contributed by atoms with Gasteiger partial charge in [0, 0.05) is 0 Å². The van der Waals surface area contributed by atoms with E-state index in [2.05, 4.69) is 6.08 Å². The predicted molar refractivity (Wildman–Crippen MR) is 60.9 cm³/mol. The van der Waals surface area contributed by atoms with Crippen LogP contribution in [0.5, 0.6) is 0 Å². The molecule has 1 atom stereocenters. The van der Waals surface area contributed by atoms with E-state index in [-0.39, 0.29) is 0 Å². The average Bonchev–Trinajstić information content (AvgIpc) is 2.81. The van der Waals surface area contributed by atoms with E-state index in [0.29, 0.717) is 5.56 Å². The first-order chi connectivity index (χ1) is 7.68. The Balaban J connectivity index is 2.29. The monoisotopic (exact) mass is 218 g/mol. The molecule has 84 valence electrons. The van der Waals surface area contributed by atoms with Crippen LogP contribution < -0.4 is 0 Å². The molecule has 3 nitrogen and oxygen atoms in total. The number of carbonyl (C=O) groups is 1. The molecule has 3 heteroatoms. The second-order valence-corrected chi connectivity index (χ2v) is 3.99. The van der Waals surface area contributed by atoms with Crippen molar-refractivity contribution in [3.63, 3.8) is 0 Å². The summed E-state index contributed by atoms with van der Waals surface area (Å²) in [5.41, 5.74) is 2.72. The first kappa shape index (κ1) is 10.9. The molecule has 0 radical (unpaired) electrons. The highest BCUT2D eigenvalue weighted by Gasteiger charge is 2.16. The molecule has 1 unspecified atom stereocenters. The first-order valence-electron chi connectivity index (χ1n) is 5.39. The van der Waals surface area contributed by atoms with Gasteiger partial charge >= 0.3 is 5.97 Å². The van der Waals surface area contributed by atoms with Crippen molar-refractivity contribution in [1.82, 2.24) is 0 Å². The topological polar surface area (TPSA) is 57.5 Å². The van der Waals surface area contributed by atoms with Crippen molar-refractivity contribution in [2.24, 2.45) is 0 Å². The van der Waals surface area contributed by atoms with Gasteiger partial charge in [-0.1, -0.05) is 24.3 Å². The van der Waals surface area contributed by atoms with Crippen LogP contribution in [0.15, 0.2) is 30.3 Å². The van der Waals surface area contributed by atoms with Gasteiger partial charge in [0.15, 0.2) is 6.10 Å². The van der Waals surface area contributed by atoms with Gasteiger partial charge < -0.3 is 10.2 Å². The lowest BCUT2D eigenvalue weighted by molar-refractivity contribution is -0.146. The van der Waals surface area contributed by atoms with Crippen LogP contribution in [0.4, 0.5) is 0 Å². The van der Waals surface area contributed by atoms with Gasteiger partial charge in [-0.3, -0.25) is 0 Å². The van der Waals surface area contributed by atoms with E-state index in [1.807, 2.05) is 6.07 Å². The third-order valence-corrected chi connectivity index (χ3v) is 2.85. The molecular weight excluding hydrogens is 204 g/mol. The third kappa shape index (κ3) is 2.14. The zero-order valence-electron chi connectivity index (χ0n) is 8.89. The number of hydrogen-bond donors (Lipinski definition) is 2. The molecule has 0 fully saturated rings. The molecule has 16 heavy (non-hydrogen) atoms. The molecule has 0 aromatic heterocycles. The Morgan fingerprint density at radius 2 is 2.19 bits per heavy atom. The summed E-state index contributed by atoms with van der Waals surface area (Å²) in [4.78, 5) is 10.7. The fourth-order valence-corrected chi connectivity index (χ4v) is 1.98. The number of carboxylic acid groups (broad SMARTS) is 1. The Kier molecular flexibility index (Phi) is 3.06. The fourth-order valence-electron chi connectivity index (χ4n) is 1.98. The van der Waals surface area contributed by atoms with Gasteiger partial charge in [0.25, 0.3) is 0 Å². The van der Waals surface area contributed by atoms with E-state index in [1.165, 1.54) is 5.57 Å². The fraction of sp³-hybridized carbons (Fsp3) is 0.308. The quantitative estimate of drug-likeness (QED) is 0.818. The number of aliphatic hydroxyl groups is 1. The van der Waals surface area contributed by atoms with Crippen molar-refractivity contribution < 1.29 is 15.0 Å². The molecule has 0 aliphatic heterocycles. The van der Waals surface area contributed by atoms with Crippen LogP contribution in [-0.2, 0) is 4.79 Å². The summed E-state index contributed by atoms with van der Waals surface area (Å²) in [6.07, 6.45) is 4.02. The van der Waals surface area contributed by atoms with Crippen molar-refractivity contribution in [3.8, 4) is 0 Å². The first-order valence-corrected chi connectivity index (χ1v) is 5.39. The molecule has 0 amide bonds. The summed E-state index contributed by atoms with van der Waals surface area (Å²) in [7, 11) is 0. The Hall–Kier alpha value is -1.61. The maximum Gasteiger partial charge on any atom is 0.337 e. The zero-order chi connectivity index (χ0) is 11.5. The minimum atomic E-state index is -1.43. The number of carboxylic acids is 1. The van der Waals surface area contributed by atoms with Gasteiger partial charge in [-0.15, -0.1) is 0 Å². The van der Waals surface area contributed by atoms with Gasteiger partial charge in [-0.2, -0.15) is 0 Å². The van der Waals surface area contributed by atoms with Crippen molar-refractivity contribution in [2.45, 2.75) is 25.4 Å². The maximum atomic E-state index is 10.7. The normalized spacial score (nSPS) is 16.9. The number of allylic oxidation sites excluding steroid dienone is 2. The van der Waals surface area contributed by atoms with Gasteiger partial charge in [0.05, 0.1) is 0 Å². The number of aliphatic carboxylic acids is 1. The highest BCUT2D eigenvalue weighted by atomic mass is 16.4. The molecular formula is C13H14O3. The van der Waals surface area contributed by atoms with Crippen molar-refractivity contribution >= 4 is 11.5 Å². The number of benzene rings is 1. The second kappa shape index (κ2) is 4.49. The van der Waals surface area contributed by atoms with Gasteiger partial charge in [-0.25, -0.2) is 4.79 Å². The summed E-state index contributed by atoms with van der Waals surface area (Å²) < 4.78 is 0. The van der Waals surface area contributed by atoms with Crippen LogP contribution in [-0.4, -0.2) is 16.2 Å². The lowest BCUT2D eigenvalue weighted by Crippen LogP contribution is -2.10. The Morgan fingerprint density at radius 1 is 1.38 bits per heavy atom. The van der Waals surface area contributed by atoms with Gasteiger partial charge in [-0.05, 0) is 42.0 Å². The average molecular weight is 218 g/mol. The van der Waals surface area contributed by atoms with E-state index < -0.39 is 12.1 Å². The third-order valence-electron chi connectivity index (χ3n) is 2.85. The summed E-state index contributed by atoms with van der Waals surface area (Å²) in [5.74, 6) is -1.21. The van der Waals surface area contributed by atoms with Crippen molar-refractivity contribution in [3.05, 3.63) is 41.5 Å². The largest absolute Gasteiger partial charge is 0.479 e. The Labute approximate surface area is 94.0 Å². The molecule has 1 aromatic rings. The molecule has 0 saturated carbocycles. The lowest BCUT2D eigenvalue weighted by atomic mass is 10.0. The Morgan fingerprint density at radius 3 is 2.81 bits per heavy atom. The van der Waals surface area contributed by atoms with E-state index in [9.17, 15) is 9.90 Å². The summed E-state index contributed by atoms with van der Waals surface area (Å²) in [6, 6.07) is 7.14. The van der Waals surface area contributed by atoms with Crippen molar-refractivity contribution in [1.29, 1.82) is 0 Å². The van der Waals surface area contributed by atoms with Crippen LogP contribution in [0, 0.1) is 0 Å².